The standard InChI is InChI=1S/C26H40N4O7/c1-25(2,3)36-23(32)29-22(30-24(33)37-26(4,5)6)28-16-10-9-15-27-21(31)14-12-18-11-13-19(34-7)20(17-18)35-8/h11-14,17H,9-10,15-16H2,1-8H3,(H,27,31)(H2,28,29,30,32,33)/b14-12+. The van der Waals surface area contributed by atoms with Crippen LogP contribution in [-0.4, -0.2) is 62.6 Å². The molecule has 206 valence electrons. The number of nitrogens with one attached hydrogen (secondary N) is 3. The number of ether oxygens (including phenoxy) is 4. The van der Waals surface area contributed by atoms with Crippen LogP contribution in [0, 0.1) is 0 Å². The first-order chi connectivity index (χ1) is 17.2. The van der Waals surface area contributed by atoms with Crippen molar-refractivity contribution in [2.75, 3.05) is 27.3 Å². The minimum Gasteiger partial charge on any atom is -0.493 e. The molecule has 0 unspecified atom stereocenters. The summed E-state index contributed by atoms with van der Waals surface area (Å²) in [6.45, 7) is 11.1. The lowest BCUT2D eigenvalue weighted by Gasteiger charge is -2.22. The molecule has 0 heterocycles. The van der Waals surface area contributed by atoms with Gasteiger partial charge in [0.2, 0.25) is 11.9 Å². The van der Waals surface area contributed by atoms with Crippen molar-refractivity contribution in [2.45, 2.75) is 65.6 Å². The summed E-state index contributed by atoms with van der Waals surface area (Å²) in [6.07, 6.45) is 2.83. The molecule has 3 N–H and O–H groups in total. The Hall–Kier alpha value is -3.76. The van der Waals surface area contributed by atoms with E-state index in [-0.39, 0.29) is 18.4 Å². The molecule has 1 aromatic carbocycles. The topological polar surface area (TPSA) is 137 Å². The lowest BCUT2D eigenvalue weighted by molar-refractivity contribution is -0.116. The fourth-order valence-electron chi connectivity index (χ4n) is 2.74. The molecule has 0 aliphatic heterocycles. The molecule has 11 heteroatoms. The number of methoxy groups -OCH3 is 2. The van der Waals surface area contributed by atoms with Gasteiger partial charge in [-0.25, -0.2) is 9.59 Å². The second-order valence-corrected chi connectivity index (χ2v) is 9.93. The third-order valence-corrected chi connectivity index (χ3v) is 4.23. The van der Waals surface area contributed by atoms with Crippen LogP contribution in [0.3, 0.4) is 0 Å². The first-order valence-corrected chi connectivity index (χ1v) is 11.9. The Morgan fingerprint density at radius 2 is 1.43 bits per heavy atom. The van der Waals surface area contributed by atoms with Crippen LogP contribution >= 0.6 is 0 Å². The van der Waals surface area contributed by atoms with E-state index >= 15 is 0 Å². The Kier molecular flexibility index (Phi) is 12.4. The van der Waals surface area contributed by atoms with Gasteiger partial charge in [-0.05, 0) is 78.2 Å². The molecule has 37 heavy (non-hydrogen) atoms. The van der Waals surface area contributed by atoms with Crippen LogP contribution in [0.15, 0.2) is 29.3 Å². The Labute approximate surface area is 219 Å². The van der Waals surface area contributed by atoms with Gasteiger partial charge in [-0.2, -0.15) is 0 Å². The van der Waals surface area contributed by atoms with Crippen LogP contribution in [0.2, 0.25) is 0 Å². The van der Waals surface area contributed by atoms with E-state index in [9.17, 15) is 14.4 Å². The van der Waals surface area contributed by atoms with Crippen molar-refractivity contribution in [1.29, 1.82) is 0 Å². The van der Waals surface area contributed by atoms with Crippen molar-refractivity contribution >= 4 is 30.1 Å². The molecule has 1 rings (SSSR count). The maximum atomic E-state index is 12.1. The maximum absolute atomic E-state index is 12.1. The molecule has 0 saturated carbocycles. The summed E-state index contributed by atoms with van der Waals surface area (Å²) in [4.78, 5) is 40.5. The predicted molar refractivity (Wildman–Crippen MR) is 142 cm³/mol. The first-order valence-electron chi connectivity index (χ1n) is 11.9. The zero-order valence-electron chi connectivity index (χ0n) is 23.0. The SMILES string of the molecule is COc1ccc(/C=C/C(=O)NCCCCN=C(NC(=O)OC(C)(C)C)NC(=O)OC(C)(C)C)cc1OC. The zero-order chi connectivity index (χ0) is 28.1. The number of hydrogen-bond acceptors (Lipinski definition) is 8. The average molecular weight is 521 g/mol. The molecule has 11 nitrogen and oxygen atoms in total. The maximum Gasteiger partial charge on any atom is 0.414 e. The molecule has 0 fully saturated rings. The van der Waals surface area contributed by atoms with E-state index in [2.05, 4.69) is 20.9 Å². The van der Waals surface area contributed by atoms with Gasteiger partial charge >= 0.3 is 12.2 Å². The highest BCUT2D eigenvalue weighted by atomic mass is 16.6. The summed E-state index contributed by atoms with van der Waals surface area (Å²) in [6, 6.07) is 5.35. The van der Waals surface area contributed by atoms with Crippen LogP contribution in [-0.2, 0) is 14.3 Å². The van der Waals surface area contributed by atoms with E-state index in [1.807, 2.05) is 6.07 Å². The van der Waals surface area contributed by atoms with Crippen molar-refractivity contribution in [3.63, 3.8) is 0 Å². The van der Waals surface area contributed by atoms with E-state index in [1.54, 1.807) is 74.0 Å². The first kappa shape index (κ1) is 31.3. The number of unbranched alkanes of at least 4 members (excludes halogenated alkanes) is 1. The molecule has 0 atom stereocenters. The minimum absolute atomic E-state index is 0.0783. The number of guanidine groups is 1. The molecular weight excluding hydrogens is 480 g/mol. The molecule has 0 spiro atoms. The van der Waals surface area contributed by atoms with Gasteiger partial charge in [0.05, 0.1) is 14.2 Å². The second kappa shape index (κ2) is 14.7. The van der Waals surface area contributed by atoms with Crippen LogP contribution in [0.1, 0.15) is 59.9 Å². The van der Waals surface area contributed by atoms with E-state index in [0.717, 1.165) is 5.56 Å². The number of hydrogen-bond donors (Lipinski definition) is 3. The molecule has 0 saturated heterocycles. The number of alkyl carbamates (subject to hydrolysis) is 2. The summed E-state index contributed by atoms with van der Waals surface area (Å²) >= 11 is 0. The van der Waals surface area contributed by atoms with Crippen LogP contribution < -0.4 is 25.4 Å². The third kappa shape index (κ3) is 14.4. The summed E-state index contributed by atoms with van der Waals surface area (Å²) in [5, 5.41) is 7.65. The summed E-state index contributed by atoms with van der Waals surface area (Å²) in [7, 11) is 3.11. The van der Waals surface area contributed by atoms with Gasteiger partial charge in [0.1, 0.15) is 11.2 Å². The van der Waals surface area contributed by atoms with Crippen LogP contribution in [0.25, 0.3) is 6.08 Å². The van der Waals surface area contributed by atoms with Crippen molar-refractivity contribution in [2.24, 2.45) is 4.99 Å². The van der Waals surface area contributed by atoms with Gasteiger partial charge in [-0.1, -0.05) is 6.07 Å². The summed E-state index contributed by atoms with van der Waals surface area (Å²) in [5.41, 5.74) is -0.634. The molecule has 0 aliphatic carbocycles. The highest BCUT2D eigenvalue weighted by Gasteiger charge is 2.21. The number of carbonyl (C=O) groups is 3. The van der Waals surface area contributed by atoms with Crippen molar-refractivity contribution in [3.8, 4) is 11.5 Å². The predicted octanol–water partition coefficient (Wildman–Crippen LogP) is 4.02. The van der Waals surface area contributed by atoms with Crippen molar-refractivity contribution in [1.82, 2.24) is 16.0 Å². The van der Waals surface area contributed by atoms with Gasteiger partial charge < -0.3 is 24.3 Å². The van der Waals surface area contributed by atoms with E-state index in [0.29, 0.717) is 30.9 Å². The van der Waals surface area contributed by atoms with Crippen LogP contribution in [0.4, 0.5) is 9.59 Å². The Bertz CT molecular complexity index is 944. The van der Waals surface area contributed by atoms with E-state index in [4.69, 9.17) is 18.9 Å². The second-order valence-electron chi connectivity index (χ2n) is 9.93. The lowest BCUT2D eigenvalue weighted by atomic mass is 10.2. The van der Waals surface area contributed by atoms with Gasteiger partial charge in [0.25, 0.3) is 0 Å². The molecule has 0 aliphatic rings. The Morgan fingerprint density at radius 3 is 1.95 bits per heavy atom. The highest BCUT2D eigenvalue weighted by Crippen LogP contribution is 2.27. The zero-order valence-corrected chi connectivity index (χ0v) is 23.0. The smallest absolute Gasteiger partial charge is 0.414 e. The number of rotatable bonds is 9. The molecular formula is C26H40N4O7. The third-order valence-electron chi connectivity index (χ3n) is 4.23. The number of aliphatic imine (C=N–C) groups is 1. The molecule has 0 bridgehead atoms. The largest absolute Gasteiger partial charge is 0.493 e. The van der Waals surface area contributed by atoms with Gasteiger partial charge in [-0.3, -0.25) is 20.4 Å². The quantitative estimate of drug-likeness (QED) is 0.194. The fourth-order valence-corrected chi connectivity index (χ4v) is 2.74. The van der Waals surface area contributed by atoms with Crippen molar-refractivity contribution < 1.29 is 33.3 Å². The lowest BCUT2D eigenvalue weighted by Crippen LogP contribution is -2.47. The number of amides is 3. The van der Waals surface area contributed by atoms with Gasteiger partial charge in [0.15, 0.2) is 11.5 Å². The molecule has 3 amide bonds. The van der Waals surface area contributed by atoms with Crippen LogP contribution in [0.5, 0.6) is 11.5 Å². The monoisotopic (exact) mass is 520 g/mol. The number of benzene rings is 1. The summed E-state index contributed by atoms with van der Waals surface area (Å²) in [5.74, 6) is 0.868. The van der Waals surface area contributed by atoms with E-state index in [1.165, 1.54) is 6.08 Å². The average Bonchev–Trinajstić information content (AvgIpc) is 2.76. The fraction of sp³-hybridized carbons (Fsp3) is 0.538. The normalized spacial score (nSPS) is 11.4. The minimum atomic E-state index is -0.754. The number of nitrogens with zero attached hydrogens (tertiary/aromatic N) is 1. The Morgan fingerprint density at radius 1 is 0.865 bits per heavy atom. The molecule has 0 aromatic heterocycles. The molecule has 0 radical (unpaired) electrons. The highest BCUT2D eigenvalue weighted by molar-refractivity contribution is 6.01. The van der Waals surface area contributed by atoms with Gasteiger partial charge in [-0.15, -0.1) is 0 Å². The van der Waals surface area contributed by atoms with E-state index < -0.39 is 23.4 Å². The molecule has 1 aromatic rings. The number of carbonyl (C=O) groups excluding carboxylic acids is 3. The summed E-state index contributed by atoms with van der Waals surface area (Å²) < 4.78 is 20.9. The van der Waals surface area contributed by atoms with Gasteiger partial charge in [0, 0.05) is 19.2 Å². The Balaban J connectivity index is 2.56. The van der Waals surface area contributed by atoms with Crippen molar-refractivity contribution in [3.05, 3.63) is 29.8 Å².